The molecule has 134 valence electrons. The van der Waals surface area contributed by atoms with Crippen molar-refractivity contribution in [2.75, 3.05) is 19.0 Å². The van der Waals surface area contributed by atoms with Crippen LogP contribution in [0, 0.1) is 0 Å². The van der Waals surface area contributed by atoms with E-state index in [9.17, 15) is 5.11 Å². The Morgan fingerprint density at radius 3 is 2.85 bits per heavy atom. The average molecular weight is 352 g/mol. The molecule has 0 bridgehead atoms. The molecular weight excluding hydrogens is 332 g/mol. The van der Waals surface area contributed by atoms with Crippen LogP contribution in [0.4, 0.5) is 5.95 Å². The van der Waals surface area contributed by atoms with Crippen molar-refractivity contribution in [3.8, 4) is 17.0 Å². The van der Waals surface area contributed by atoms with Crippen molar-refractivity contribution in [1.29, 1.82) is 0 Å². The molecule has 0 saturated heterocycles. The fraction of sp³-hybridized carbons (Fsp3) is 0.278. The first-order valence-electron chi connectivity index (χ1n) is 8.27. The fourth-order valence-corrected chi connectivity index (χ4v) is 2.82. The summed E-state index contributed by atoms with van der Waals surface area (Å²) in [5.41, 5.74) is 2.77. The minimum atomic E-state index is -0.867. The van der Waals surface area contributed by atoms with Crippen LogP contribution < -0.4 is 10.1 Å². The lowest BCUT2D eigenvalue weighted by Gasteiger charge is -2.17. The van der Waals surface area contributed by atoms with E-state index in [1.807, 2.05) is 41.2 Å². The highest BCUT2D eigenvalue weighted by molar-refractivity contribution is 5.84. The molecule has 0 aliphatic carbocycles. The Balaban J connectivity index is 1.79. The second-order valence-electron chi connectivity index (χ2n) is 6.74. The van der Waals surface area contributed by atoms with Crippen LogP contribution in [-0.2, 0) is 0 Å². The molecule has 0 fully saturated rings. The van der Waals surface area contributed by atoms with E-state index in [-0.39, 0.29) is 0 Å². The summed E-state index contributed by atoms with van der Waals surface area (Å²) < 4.78 is 9.19. The van der Waals surface area contributed by atoms with Gasteiger partial charge >= 0.3 is 0 Å². The van der Waals surface area contributed by atoms with Crippen molar-refractivity contribution in [2.24, 2.45) is 0 Å². The Morgan fingerprint density at radius 1 is 1.23 bits per heavy atom. The minimum absolute atomic E-state index is 0.326. The molecule has 0 radical (unpaired) electrons. The molecule has 0 atom stereocenters. The third kappa shape index (κ3) is 2.95. The van der Waals surface area contributed by atoms with Crippen molar-refractivity contribution < 1.29 is 9.84 Å². The normalized spacial score (nSPS) is 12.0. The molecule has 0 aliphatic heterocycles. The van der Waals surface area contributed by atoms with E-state index in [1.54, 1.807) is 31.7 Å². The van der Waals surface area contributed by atoms with Crippen molar-refractivity contribution in [2.45, 2.75) is 19.4 Å². The monoisotopic (exact) mass is 352 g/mol. The second-order valence-corrected chi connectivity index (χ2v) is 6.74. The third-order valence-corrected chi connectivity index (χ3v) is 4.05. The Hall–Kier alpha value is -3.13. The predicted octanol–water partition coefficient (Wildman–Crippen LogP) is 2.24. The summed E-state index contributed by atoms with van der Waals surface area (Å²) in [6.07, 6.45) is 7.55. The van der Waals surface area contributed by atoms with Crippen LogP contribution in [0.25, 0.3) is 22.3 Å². The van der Waals surface area contributed by atoms with Gasteiger partial charge in [-0.3, -0.25) is 0 Å². The SMILES string of the molecule is COc1nc(NCC(C)(C)O)nn2ccc(-c3ccc4nccn4c3)c12. The zero-order chi connectivity index (χ0) is 18.3. The summed E-state index contributed by atoms with van der Waals surface area (Å²) in [4.78, 5) is 8.71. The van der Waals surface area contributed by atoms with E-state index in [4.69, 9.17) is 4.74 Å². The number of nitrogens with zero attached hydrogens (tertiary/aromatic N) is 5. The van der Waals surface area contributed by atoms with E-state index >= 15 is 0 Å². The minimum Gasteiger partial charge on any atom is -0.479 e. The maximum atomic E-state index is 9.88. The number of aromatic nitrogens is 5. The van der Waals surface area contributed by atoms with Crippen molar-refractivity contribution in [3.63, 3.8) is 0 Å². The molecule has 4 rings (SSSR count). The van der Waals surface area contributed by atoms with E-state index in [0.717, 1.165) is 22.3 Å². The van der Waals surface area contributed by atoms with Crippen molar-refractivity contribution >= 4 is 17.1 Å². The molecule has 4 aromatic heterocycles. The van der Waals surface area contributed by atoms with Gasteiger partial charge in [-0.1, -0.05) is 0 Å². The smallest absolute Gasteiger partial charge is 0.244 e. The Kier molecular flexibility index (Phi) is 3.77. The van der Waals surface area contributed by atoms with Crippen LogP contribution in [0.3, 0.4) is 0 Å². The van der Waals surface area contributed by atoms with Crippen molar-refractivity contribution in [1.82, 2.24) is 24.0 Å². The van der Waals surface area contributed by atoms with Gasteiger partial charge in [-0.05, 0) is 32.0 Å². The van der Waals surface area contributed by atoms with E-state index in [2.05, 4.69) is 20.4 Å². The Labute approximate surface area is 150 Å². The number of aliphatic hydroxyl groups is 1. The van der Waals surface area contributed by atoms with E-state index in [0.29, 0.717) is 18.4 Å². The zero-order valence-corrected chi connectivity index (χ0v) is 14.8. The number of hydrogen-bond donors (Lipinski definition) is 2. The lowest BCUT2D eigenvalue weighted by atomic mass is 10.1. The van der Waals surface area contributed by atoms with Crippen LogP contribution >= 0.6 is 0 Å². The van der Waals surface area contributed by atoms with Crippen LogP contribution in [-0.4, -0.2) is 48.3 Å². The molecule has 4 aromatic rings. The third-order valence-electron chi connectivity index (χ3n) is 4.05. The summed E-state index contributed by atoms with van der Waals surface area (Å²) in [6.45, 7) is 3.76. The average Bonchev–Trinajstić information content (AvgIpc) is 3.24. The van der Waals surface area contributed by atoms with Crippen LogP contribution in [0.2, 0.25) is 0 Å². The summed E-state index contributed by atoms with van der Waals surface area (Å²) in [5, 5.41) is 17.4. The molecule has 4 heterocycles. The van der Waals surface area contributed by atoms with Crippen LogP contribution in [0.5, 0.6) is 5.88 Å². The second kappa shape index (κ2) is 5.99. The highest BCUT2D eigenvalue weighted by Crippen LogP contribution is 2.31. The molecule has 8 nitrogen and oxygen atoms in total. The first-order valence-corrected chi connectivity index (χ1v) is 8.27. The zero-order valence-electron chi connectivity index (χ0n) is 14.8. The predicted molar refractivity (Wildman–Crippen MR) is 98.5 cm³/mol. The van der Waals surface area contributed by atoms with Gasteiger partial charge in [0.1, 0.15) is 11.2 Å². The number of nitrogens with one attached hydrogen (secondary N) is 1. The first kappa shape index (κ1) is 16.3. The fourth-order valence-electron chi connectivity index (χ4n) is 2.82. The number of hydrogen-bond acceptors (Lipinski definition) is 6. The van der Waals surface area contributed by atoms with Gasteiger partial charge in [-0.25, -0.2) is 9.50 Å². The van der Waals surface area contributed by atoms with Gasteiger partial charge in [0.15, 0.2) is 0 Å². The number of anilines is 1. The number of pyridine rings is 1. The van der Waals surface area contributed by atoms with Crippen LogP contribution in [0.15, 0.2) is 43.0 Å². The van der Waals surface area contributed by atoms with E-state index < -0.39 is 5.60 Å². The first-order chi connectivity index (χ1) is 12.4. The summed E-state index contributed by atoms with van der Waals surface area (Å²) in [6, 6.07) is 5.95. The molecule has 8 heteroatoms. The number of imidazole rings is 1. The maximum Gasteiger partial charge on any atom is 0.244 e. The summed E-state index contributed by atoms with van der Waals surface area (Å²) >= 11 is 0. The molecule has 0 spiro atoms. The van der Waals surface area contributed by atoms with E-state index in [1.165, 1.54) is 0 Å². The van der Waals surface area contributed by atoms with Gasteiger partial charge in [0.2, 0.25) is 11.8 Å². The highest BCUT2D eigenvalue weighted by atomic mass is 16.5. The van der Waals surface area contributed by atoms with Gasteiger partial charge < -0.3 is 19.6 Å². The molecule has 0 aliphatic rings. The summed E-state index contributed by atoms with van der Waals surface area (Å²) in [7, 11) is 1.58. The molecule has 0 saturated carbocycles. The highest BCUT2D eigenvalue weighted by Gasteiger charge is 2.17. The van der Waals surface area contributed by atoms with Crippen LogP contribution in [0.1, 0.15) is 13.8 Å². The Bertz CT molecular complexity index is 1080. The van der Waals surface area contributed by atoms with Gasteiger partial charge in [0.25, 0.3) is 0 Å². The summed E-state index contributed by atoms with van der Waals surface area (Å²) in [5.74, 6) is 0.854. The lowest BCUT2D eigenvalue weighted by Crippen LogP contribution is -2.30. The lowest BCUT2D eigenvalue weighted by molar-refractivity contribution is 0.0943. The molecule has 2 N–H and O–H groups in total. The topological polar surface area (TPSA) is 89.0 Å². The number of methoxy groups -OCH3 is 1. The molecule has 26 heavy (non-hydrogen) atoms. The van der Waals surface area contributed by atoms with Gasteiger partial charge in [-0.2, -0.15) is 4.98 Å². The molecule has 0 unspecified atom stereocenters. The maximum absolute atomic E-state index is 9.88. The van der Waals surface area contributed by atoms with Gasteiger partial charge in [0.05, 0.1) is 12.7 Å². The Morgan fingerprint density at radius 2 is 2.08 bits per heavy atom. The standard InChI is InChI=1S/C18H20N6O2/c1-18(2,25)11-20-17-21-16(26-3)15-13(6-8-24(15)22-17)12-4-5-14-19-7-9-23(14)10-12/h4-10,25H,11H2,1-3H3,(H,20,22). The van der Waals surface area contributed by atoms with Gasteiger partial charge in [0, 0.05) is 42.5 Å². The number of fused-ring (bicyclic) bond motifs is 2. The largest absolute Gasteiger partial charge is 0.479 e. The number of ether oxygens (including phenoxy) is 1. The molecule has 0 amide bonds. The quantitative estimate of drug-likeness (QED) is 0.573. The van der Waals surface area contributed by atoms with Crippen molar-refractivity contribution in [3.05, 3.63) is 43.0 Å². The number of rotatable bonds is 5. The molecule has 0 aromatic carbocycles. The van der Waals surface area contributed by atoms with Gasteiger partial charge in [-0.15, -0.1) is 5.10 Å². The molecular formula is C18H20N6O2.